The molecule has 0 aliphatic carbocycles. The zero-order valence-electron chi connectivity index (χ0n) is 11.0. The van der Waals surface area contributed by atoms with Crippen molar-refractivity contribution < 1.29 is 4.74 Å². The molecule has 20 heavy (non-hydrogen) atoms. The number of hydrogen-bond acceptors (Lipinski definition) is 6. The molecule has 2 aromatic rings. The number of hydrogen-bond donors (Lipinski definition) is 2. The second kappa shape index (κ2) is 6.89. The Hall–Kier alpha value is -2.88. The molecular weight excluding hydrogens is 256 g/mol. The number of nitrogens with zero attached hydrogens (tertiary/aromatic N) is 4. The van der Waals surface area contributed by atoms with Crippen LogP contribution in [0.25, 0.3) is 5.57 Å². The lowest BCUT2D eigenvalue weighted by atomic mass is 10.3. The highest BCUT2D eigenvalue weighted by Crippen LogP contribution is 2.16. The molecule has 1 aromatic carbocycles. The maximum Gasteiger partial charge on any atom is 0.216 e. The Labute approximate surface area is 116 Å². The summed E-state index contributed by atoms with van der Waals surface area (Å²) in [7, 11) is 0. The van der Waals surface area contributed by atoms with Crippen molar-refractivity contribution in [2.24, 2.45) is 0 Å². The Balaban J connectivity index is 2.01. The third-order valence-corrected chi connectivity index (χ3v) is 2.42. The first-order chi connectivity index (χ1) is 9.83. The van der Waals surface area contributed by atoms with Crippen molar-refractivity contribution in [3.63, 3.8) is 0 Å². The number of nitriles is 1. The van der Waals surface area contributed by atoms with Crippen molar-refractivity contribution in [2.45, 2.75) is 13.3 Å². The van der Waals surface area contributed by atoms with E-state index in [9.17, 15) is 0 Å². The van der Waals surface area contributed by atoms with Crippen LogP contribution in [0.1, 0.15) is 19.2 Å². The maximum atomic E-state index is 9.02. The van der Waals surface area contributed by atoms with E-state index in [1.165, 1.54) is 6.20 Å². The molecule has 0 amide bonds. The highest BCUT2D eigenvalue weighted by atomic mass is 16.5. The molecule has 2 N–H and O–H groups in total. The fourth-order valence-corrected chi connectivity index (χ4v) is 1.45. The summed E-state index contributed by atoms with van der Waals surface area (Å²) in [5.74, 6) is 1.07. The van der Waals surface area contributed by atoms with Gasteiger partial charge in [0, 0.05) is 11.9 Å². The number of rotatable bonds is 6. The minimum absolute atomic E-state index is 0.253. The first kappa shape index (κ1) is 13.5. The van der Waals surface area contributed by atoms with Gasteiger partial charge in [-0.1, -0.05) is 6.92 Å². The lowest BCUT2D eigenvalue weighted by molar-refractivity contribution is 0.317. The smallest absolute Gasteiger partial charge is 0.216 e. The number of tetrazole rings is 1. The first-order valence-corrected chi connectivity index (χ1v) is 6.17. The monoisotopic (exact) mass is 270 g/mol. The number of H-pyrrole nitrogens is 1. The van der Waals surface area contributed by atoms with Crippen molar-refractivity contribution >= 4 is 11.3 Å². The minimum Gasteiger partial charge on any atom is -0.494 e. The number of allylic oxidation sites excluding steroid dienone is 1. The predicted octanol–water partition coefficient (Wildman–Crippen LogP) is 1.97. The van der Waals surface area contributed by atoms with Gasteiger partial charge in [0.1, 0.15) is 17.4 Å². The largest absolute Gasteiger partial charge is 0.494 e. The molecule has 0 saturated carbocycles. The highest BCUT2D eigenvalue weighted by molar-refractivity contribution is 5.74. The van der Waals surface area contributed by atoms with Crippen LogP contribution in [0.15, 0.2) is 30.5 Å². The van der Waals surface area contributed by atoms with Crippen LogP contribution in [-0.2, 0) is 0 Å². The van der Waals surface area contributed by atoms with Crippen molar-refractivity contribution in [2.75, 3.05) is 11.9 Å². The predicted molar refractivity (Wildman–Crippen MR) is 73.6 cm³/mol. The molecule has 0 aliphatic rings. The third-order valence-electron chi connectivity index (χ3n) is 2.42. The van der Waals surface area contributed by atoms with Crippen LogP contribution >= 0.6 is 0 Å². The molecule has 0 spiro atoms. The van der Waals surface area contributed by atoms with Gasteiger partial charge in [0.15, 0.2) is 0 Å². The van der Waals surface area contributed by atoms with E-state index in [1.54, 1.807) is 0 Å². The number of anilines is 1. The number of benzene rings is 1. The van der Waals surface area contributed by atoms with E-state index >= 15 is 0 Å². The Morgan fingerprint density at radius 1 is 1.45 bits per heavy atom. The first-order valence-electron chi connectivity index (χ1n) is 6.17. The standard InChI is InChI=1S/C13H14N6O/c1-2-7-20-12-5-3-11(4-6-12)15-9-10(8-14)13-16-18-19-17-13/h3-6,9,15H,2,7H2,1H3,(H,16,17,18,19). The van der Waals surface area contributed by atoms with Gasteiger partial charge in [-0.2, -0.15) is 10.5 Å². The maximum absolute atomic E-state index is 9.02. The zero-order valence-corrected chi connectivity index (χ0v) is 11.0. The van der Waals surface area contributed by atoms with Gasteiger partial charge in [-0.3, -0.25) is 0 Å². The molecule has 0 saturated heterocycles. The Kier molecular flexibility index (Phi) is 4.67. The average molecular weight is 270 g/mol. The average Bonchev–Trinajstić information content (AvgIpc) is 3.01. The zero-order chi connectivity index (χ0) is 14.2. The van der Waals surface area contributed by atoms with Gasteiger partial charge < -0.3 is 10.1 Å². The van der Waals surface area contributed by atoms with E-state index < -0.39 is 0 Å². The second-order valence-corrected chi connectivity index (χ2v) is 3.92. The molecule has 0 atom stereocenters. The lowest BCUT2D eigenvalue weighted by Gasteiger charge is -2.05. The van der Waals surface area contributed by atoms with Gasteiger partial charge in [0.2, 0.25) is 5.82 Å². The number of nitrogens with one attached hydrogen (secondary N) is 2. The summed E-state index contributed by atoms with van der Waals surface area (Å²) in [4.78, 5) is 0. The molecular formula is C13H14N6O. The van der Waals surface area contributed by atoms with Crippen molar-refractivity contribution in [3.05, 3.63) is 36.3 Å². The van der Waals surface area contributed by atoms with Crippen LogP contribution in [0.4, 0.5) is 5.69 Å². The quantitative estimate of drug-likeness (QED) is 0.778. The highest BCUT2D eigenvalue weighted by Gasteiger charge is 2.05. The van der Waals surface area contributed by atoms with E-state index in [2.05, 4.69) is 32.9 Å². The van der Waals surface area contributed by atoms with Crippen molar-refractivity contribution in [3.8, 4) is 11.8 Å². The van der Waals surface area contributed by atoms with Gasteiger partial charge >= 0.3 is 0 Å². The summed E-state index contributed by atoms with van der Waals surface area (Å²) >= 11 is 0. The van der Waals surface area contributed by atoms with E-state index in [-0.39, 0.29) is 5.82 Å². The van der Waals surface area contributed by atoms with Gasteiger partial charge in [-0.15, -0.1) is 10.2 Å². The van der Waals surface area contributed by atoms with Crippen LogP contribution < -0.4 is 10.1 Å². The van der Waals surface area contributed by atoms with Crippen molar-refractivity contribution in [1.82, 2.24) is 20.6 Å². The molecule has 7 nitrogen and oxygen atoms in total. The summed E-state index contributed by atoms with van der Waals surface area (Å²) in [6, 6.07) is 9.47. The molecule has 1 heterocycles. The molecule has 7 heteroatoms. The lowest BCUT2D eigenvalue weighted by Crippen LogP contribution is -1.96. The number of aromatic amines is 1. The molecule has 0 aliphatic heterocycles. The third kappa shape index (κ3) is 3.55. The summed E-state index contributed by atoms with van der Waals surface area (Å²) in [5.41, 5.74) is 1.13. The van der Waals surface area contributed by atoms with E-state index in [0.29, 0.717) is 12.2 Å². The van der Waals surface area contributed by atoms with Gasteiger partial charge in [0.05, 0.1) is 6.61 Å². The SMILES string of the molecule is CCCOc1ccc(NC=C(C#N)c2nn[nH]n2)cc1. The van der Waals surface area contributed by atoms with E-state index in [4.69, 9.17) is 10.00 Å². The Morgan fingerprint density at radius 3 is 2.85 bits per heavy atom. The summed E-state index contributed by atoms with van der Waals surface area (Å²) in [6.45, 7) is 2.76. The molecule has 2 rings (SSSR count). The topological polar surface area (TPSA) is 99.5 Å². The van der Waals surface area contributed by atoms with Crippen LogP contribution in [0.5, 0.6) is 5.75 Å². The fourth-order valence-electron chi connectivity index (χ4n) is 1.45. The molecule has 0 bridgehead atoms. The summed E-state index contributed by atoms with van der Waals surface area (Å²) < 4.78 is 5.49. The van der Waals surface area contributed by atoms with Crippen LogP contribution in [0.3, 0.4) is 0 Å². The minimum atomic E-state index is 0.253. The van der Waals surface area contributed by atoms with Gasteiger partial charge in [-0.05, 0) is 35.9 Å². The summed E-state index contributed by atoms with van der Waals surface area (Å²) in [5, 5.41) is 25.2. The van der Waals surface area contributed by atoms with Crippen LogP contribution in [0, 0.1) is 11.3 Å². The van der Waals surface area contributed by atoms with E-state index in [0.717, 1.165) is 17.9 Å². The molecule has 1 aromatic heterocycles. The summed E-state index contributed by atoms with van der Waals surface area (Å²) in [6.07, 6.45) is 2.51. The van der Waals surface area contributed by atoms with Crippen LogP contribution in [-0.4, -0.2) is 27.2 Å². The van der Waals surface area contributed by atoms with Crippen LogP contribution in [0.2, 0.25) is 0 Å². The Bertz CT molecular complexity index is 597. The molecule has 0 fully saturated rings. The fraction of sp³-hybridized carbons (Fsp3) is 0.231. The molecule has 0 radical (unpaired) electrons. The number of ether oxygens (including phenoxy) is 1. The molecule has 102 valence electrons. The number of aromatic nitrogens is 4. The van der Waals surface area contributed by atoms with Crippen molar-refractivity contribution in [1.29, 1.82) is 5.26 Å². The van der Waals surface area contributed by atoms with Gasteiger partial charge in [0.25, 0.3) is 0 Å². The normalized spacial score (nSPS) is 10.9. The van der Waals surface area contributed by atoms with Gasteiger partial charge in [-0.25, -0.2) is 0 Å². The molecule has 0 unspecified atom stereocenters. The Morgan fingerprint density at radius 2 is 2.25 bits per heavy atom. The second-order valence-electron chi connectivity index (χ2n) is 3.92. The van der Waals surface area contributed by atoms with E-state index in [1.807, 2.05) is 30.3 Å².